The van der Waals surface area contributed by atoms with E-state index in [9.17, 15) is 0 Å². The Morgan fingerprint density at radius 3 is 1.69 bits per heavy atom. The van der Waals surface area contributed by atoms with Crippen molar-refractivity contribution in [2.75, 3.05) is 0 Å². The van der Waals surface area contributed by atoms with Crippen molar-refractivity contribution in [3.63, 3.8) is 0 Å². The summed E-state index contributed by atoms with van der Waals surface area (Å²) in [5.74, 6) is 0.322. The quantitative estimate of drug-likeness (QED) is 0.654. The van der Waals surface area contributed by atoms with Crippen molar-refractivity contribution in [1.29, 1.82) is 0 Å². The van der Waals surface area contributed by atoms with Crippen molar-refractivity contribution >= 4 is 0 Å². The molecule has 1 heterocycles. The standard InChI is InChI=1S/C6H6O.C3H3N3/c7-6-4-2-1-3-5-6;1-2-4-6-5-3-1/h1-5,7H;1-3H. The minimum absolute atomic E-state index is 0.322. The van der Waals surface area contributed by atoms with Crippen LogP contribution in [-0.2, 0) is 0 Å². The number of aromatic hydroxyl groups is 1. The third kappa shape index (κ3) is 4.47. The van der Waals surface area contributed by atoms with Crippen LogP contribution in [-0.4, -0.2) is 20.5 Å². The highest BCUT2D eigenvalue weighted by Gasteiger charge is 1.74. The first-order valence-corrected chi connectivity index (χ1v) is 3.72. The van der Waals surface area contributed by atoms with Crippen molar-refractivity contribution in [3.8, 4) is 5.75 Å². The van der Waals surface area contributed by atoms with Crippen molar-refractivity contribution in [1.82, 2.24) is 15.4 Å². The van der Waals surface area contributed by atoms with Crippen LogP contribution in [0.2, 0.25) is 0 Å². The lowest BCUT2D eigenvalue weighted by Gasteiger charge is -1.82. The van der Waals surface area contributed by atoms with E-state index in [0.29, 0.717) is 5.75 Å². The molecule has 4 nitrogen and oxygen atoms in total. The zero-order valence-electron chi connectivity index (χ0n) is 6.91. The number of rotatable bonds is 0. The van der Waals surface area contributed by atoms with Crippen LogP contribution in [0.15, 0.2) is 48.8 Å². The van der Waals surface area contributed by atoms with Gasteiger partial charge in [0.15, 0.2) is 0 Å². The molecule has 0 fully saturated rings. The van der Waals surface area contributed by atoms with Gasteiger partial charge in [-0.05, 0) is 23.4 Å². The van der Waals surface area contributed by atoms with Gasteiger partial charge in [0.1, 0.15) is 5.75 Å². The van der Waals surface area contributed by atoms with Crippen molar-refractivity contribution in [2.45, 2.75) is 0 Å². The first-order valence-electron chi connectivity index (χ1n) is 3.72. The fraction of sp³-hybridized carbons (Fsp3) is 0. The van der Waals surface area contributed by atoms with Gasteiger partial charge in [-0.1, -0.05) is 18.2 Å². The number of para-hydroxylation sites is 1. The molecule has 0 saturated heterocycles. The van der Waals surface area contributed by atoms with Crippen molar-refractivity contribution < 1.29 is 5.11 Å². The minimum Gasteiger partial charge on any atom is -0.508 e. The molecule has 1 N–H and O–H groups in total. The van der Waals surface area contributed by atoms with E-state index < -0.39 is 0 Å². The van der Waals surface area contributed by atoms with Gasteiger partial charge < -0.3 is 5.11 Å². The van der Waals surface area contributed by atoms with Crippen LogP contribution in [0.4, 0.5) is 0 Å². The third-order valence-electron chi connectivity index (χ3n) is 1.16. The molecule has 66 valence electrons. The molecule has 1 aromatic carbocycles. The fourth-order valence-electron chi connectivity index (χ4n) is 0.633. The SMILES string of the molecule is Oc1ccccc1.c1cnnnc1. The Labute approximate surface area is 75.9 Å². The molecule has 0 aliphatic rings. The van der Waals surface area contributed by atoms with Crippen LogP contribution in [0.5, 0.6) is 5.75 Å². The molecular formula is C9H9N3O. The summed E-state index contributed by atoms with van der Waals surface area (Å²) in [6, 6.07) is 10.4. The van der Waals surface area contributed by atoms with Crippen LogP contribution in [0, 0.1) is 0 Å². The highest BCUT2D eigenvalue weighted by atomic mass is 16.3. The van der Waals surface area contributed by atoms with Gasteiger partial charge in [0, 0.05) is 0 Å². The summed E-state index contributed by atoms with van der Waals surface area (Å²) in [6.07, 6.45) is 3.15. The lowest BCUT2D eigenvalue weighted by molar-refractivity contribution is 0.475. The van der Waals surface area contributed by atoms with E-state index in [1.807, 2.05) is 6.07 Å². The van der Waals surface area contributed by atoms with E-state index in [0.717, 1.165) is 0 Å². The normalized spacial score (nSPS) is 8.31. The Balaban J connectivity index is 0.000000132. The van der Waals surface area contributed by atoms with E-state index in [2.05, 4.69) is 15.4 Å². The zero-order valence-corrected chi connectivity index (χ0v) is 6.91. The topological polar surface area (TPSA) is 58.9 Å². The molecule has 13 heavy (non-hydrogen) atoms. The molecule has 0 radical (unpaired) electrons. The monoisotopic (exact) mass is 175 g/mol. The average Bonchev–Trinajstić information content (AvgIpc) is 2.22. The maximum atomic E-state index is 8.63. The molecule has 4 heteroatoms. The highest BCUT2D eigenvalue weighted by molar-refractivity contribution is 5.18. The maximum absolute atomic E-state index is 8.63. The molecule has 0 aliphatic heterocycles. The molecule has 0 unspecified atom stereocenters. The van der Waals surface area contributed by atoms with Crippen LogP contribution in [0.1, 0.15) is 0 Å². The van der Waals surface area contributed by atoms with Gasteiger partial charge in [0.25, 0.3) is 0 Å². The summed E-state index contributed by atoms with van der Waals surface area (Å²) in [5, 5.41) is 18.8. The van der Waals surface area contributed by atoms with E-state index in [1.165, 1.54) is 0 Å². The molecule has 1 aromatic heterocycles. The van der Waals surface area contributed by atoms with Gasteiger partial charge in [-0.2, -0.15) is 0 Å². The number of hydrogen-bond donors (Lipinski definition) is 1. The summed E-state index contributed by atoms with van der Waals surface area (Å²) in [7, 11) is 0. The number of nitrogens with zero attached hydrogens (tertiary/aromatic N) is 3. The second-order valence-corrected chi connectivity index (χ2v) is 2.15. The second-order valence-electron chi connectivity index (χ2n) is 2.15. The minimum atomic E-state index is 0.322. The number of benzene rings is 1. The Bertz CT molecular complexity index is 285. The number of phenols is 1. The zero-order chi connectivity index (χ0) is 9.36. The van der Waals surface area contributed by atoms with Crippen molar-refractivity contribution in [3.05, 3.63) is 48.8 Å². The van der Waals surface area contributed by atoms with Crippen molar-refractivity contribution in [2.24, 2.45) is 0 Å². The Morgan fingerprint density at radius 2 is 1.46 bits per heavy atom. The predicted molar refractivity (Wildman–Crippen MR) is 47.9 cm³/mol. The summed E-state index contributed by atoms with van der Waals surface area (Å²) in [5.41, 5.74) is 0. The van der Waals surface area contributed by atoms with Gasteiger partial charge in [-0.25, -0.2) is 0 Å². The Hall–Kier alpha value is -1.97. The Kier molecular flexibility index (Phi) is 3.96. The molecule has 0 spiro atoms. The van der Waals surface area contributed by atoms with Crippen LogP contribution in [0.3, 0.4) is 0 Å². The smallest absolute Gasteiger partial charge is 0.115 e. The first kappa shape index (κ1) is 9.12. The Morgan fingerprint density at radius 1 is 0.846 bits per heavy atom. The molecular weight excluding hydrogens is 166 g/mol. The number of aromatic nitrogens is 3. The third-order valence-corrected chi connectivity index (χ3v) is 1.16. The van der Waals surface area contributed by atoms with E-state index in [-0.39, 0.29) is 0 Å². The average molecular weight is 175 g/mol. The maximum Gasteiger partial charge on any atom is 0.115 e. The summed E-state index contributed by atoms with van der Waals surface area (Å²) in [6.45, 7) is 0. The second kappa shape index (κ2) is 5.65. The van der Waals surface area contributed by atoms with E-state index in [4.69, 9.17) is 5.11 Å². The van der Waals surface area contributed by atoms with Crippen LogP contribution < -0.4 is 0 Å². The summed E-state index contributed by atoms with van der Waals surface area (Å²) >= 11 is 0. The van der Waals surface area contributed by atoms with Gasteiger partial charge in [-0.15, -0.1) is 10.2 Å². The fourth-order valence-corrected chi connectivity index (χ4v) is 0.633. The summed E-state index contributed by atoms with van der Waals surface area (Å²) < 4.78 is 0. The van der Waals surface area contributed by atoms with E-state index >= 15 is 0 Å². The van der Waals surface area contributed by atoms with Crippen LogP contribution in [0.25, 0.3) is 0 Å². The molecule has 0 atom stereocenters. The molecule has 0 aliphatic carbocycles. The van der Waals surface area contributed by atoms with Gasteiger partial charge >= 0.3 is 0 Å². The van der Waals surface area contributed by atoms with Gasteiger partial charge in [-0.3, -0.25) is 0 Å². The largest absolute Gasteiger partial charge is 0.508 e. The molecule has 2 rings (SSSR count). The van der Waals surface area contributed by atoms with Crippen LogP contribution >= 0.6 is 0 Å². The summed E-state index contributed by atoms with van der Waals surface area (Å²) in [4.78, 5) is 0. The molecule has 2 aromatic rings. The molecule has 0 bridgehead atoms. The predicted octanol–water partition coefficient (Wildman–Crippen LogP) is 1.26. The lowest BCUT2D eigenvalue weighted by Crippen LogP contribution is -1.78. The first-order chi connectivity index (χ1) is 6.39. The molecule has 0 saturated carbocycles. The van der Waals surface area contributed by atoms with Gasteiger partial charge in [0.2, 0.25) is 0 Å². The number of hydrogen-bond acceptors (Lipinski definition) is 4. The number of phenolic OH excluding ortho intramolecular Hbond substituents is 1. The van der Waals surface area contributed by atoms with Gasteiger partial charge in [0.05, 0.1) is 12.4 Å². The highest BCUT2D eigenvalue weighted by Crippen LogP contribution is 2.02. The van der Waals surface area contributed by atoms with E-state index in [1.54, 1.807) is 42.7 Å². The molecule has 0 amide bonds. The lowest BCUT2D eigenvalue weighted by atomic mass is 10.3.